The van der Waals surface area contributed by atoms with Gasteiger partial charge in [-0.2, -0.15) is 0 Å². The first-order valence-corrected chi connectivity index (χ1v) is 10.2. The lowest BCUT2D eigenvalue weighted by molar-refractivity contribution is 0.686. The third-order valence-electron chi connectivity index (χ3n) is 5.22. The van der Waals surface area contributed by atoms with Crippen LogP contribution in [0, 0.1) is 0 Å². The Morgan fingerprint density at radius 3 is 2.75 bits per heavy atom. The number of alkyl halides is 1. The molecule has 2 aliphatic carbocycles. The van der Waals surface area contributed by atoms with Gasteiger partial charge in [0, 0.05) is 36.8 Å². The van der Waals surface area contributed by atoms with Gasteiger partial charge in [0.25, 0.3) is 0 Å². The summed E-state index contributed by atoms with van der Waals surface area (Å²) in [7, 11) is 0. The van der Waals surface area contributed by atoms with E-state index in [2.05, 4.69) is 43.0 Å². The van der Waals surface area contributed by atoms with E-state index in [1.54, 1.807) is 12.4 Å². The molecule has 0 bridgehead atoms. The molecule has 0 N–H and O–H groups in total. The van der Waals surface area contributed by atoms with Crippen LogP contribution in [0.3, 0.4) is 0 Å². The third-order valence-corrected chi connectivity index (χ3v) is 5.52. The van der Waals surface area contributed by atoms with E-state index in [1.807, 2.05) is 12.1 Å². The van der Waals surface area contributed by atoms with Crippen LogP contribution in [0.1, 0.15) is 37.5 Å². The molecule has 6 nitrogen and oxygen atoms in total. The van der Waals surface area contributed by atoms with E-state index in [0.717, 1.165) is 53.6 Å². The lowest BCUT2D eigenvalue weighted by atomic mass is 10.0. The predicted octanol–water partition coefficient (Wildman–Crippen LogP) is 3.95. The topological polar surface area (TPSA) is 68.3 Å². The highest BCUT2D eigenvalue weighted by atomic mass is 35.5. The summed E-state index contributed by atoms with van der Waals surface area (Å²) in [6.07, 6.45) is 14.7. The van der Waals surface area contributed by atoms with Gasteiger partial charge in [-0.15, -0.1) is 21.8 Å². The van der Waals surface area contributed by atoms with Crippen molar-refractivity contribution in [1.82, 2.24) is 19.7 Å². The second-order valence-electron chi connectivity index (χ2n) is 7.34. The largest absolute Gasteiger partial charge is 0.308 e. The summed E-state index contributed by atoms with van der Waals surface area (Å²) >= 11 is 6.23. The number of aryl methyl sites for hydroxylation is 1. The molecular formula is C21H21ClN6. The number of pyridine rings is 1. The number of amidine groups is 1. The summed E-state index contributed by atoms with van der Waals surface area (Å²) in [5.41, 5.74) is 3.18. The molecule has 0 saturated heterocycles. The standard InChI is InChI=1S/C21H21ClN6/c22-16-3-1-2-15(12-16)18-13-24-19(25-18)6-7-20-26-27-21(28(20)17-4-5-17)14-8-10-23-11-9-14/h1-2,8-12,16-17H,3-7,13H2. The van der Waals surface area contributed by atoms with Crippen molar-refractivity contribution in [3.05, 3.63) is 54.2 Å². The maximum Gasteiger partial charge on any atom is 0.164 e. The van der Waals surface area contributed by atoms with E-state index >= 15 is 0 Å². The number of allylic oxidation sites excluding steroid dienone is 3. The van der Waals surface area contributed by atoms with Crippen LogP contribution in [-0.4, -0.2) is 43.2 Å². The summed E-state index contributed by atoms with van der Waals surface area (Å²) in [4.78, 5) is 13.5. The summed E-state index contributed by atoms with van der Waals surface area (Å²) in [6, 6.07) is 4.48. The number of rotatable bonds is 6. The minimum atomic E-state index is 0.0513. The Kier molecular flexibility index (Phi) is 4.64. The summed E-state index contributed by atoms with van der Waals surface area (Å²) in [5, 5.41) is 9.00. The number of hydrogen-bond donors (Lipinski definition) is 0. The fraction of sp³-hybridized carbons (Fsp3) is 0.381. The smallest absolute Gasteiger partial charge is 0.164 e. The minimum Gasteiger partial charge on any atom is -0.308 e. The first-order valence-electron chi connectivity index (χ1n) is 9.76. The molecule has 0 spiro atoms. The van der Waals surface area contributed by atoms with Crippen molar-refractivity contribution >= 4 is 23.1 Å². The summed E-state index contributed by atoms with van der Waals surface area (Å²) in [6.45, 7) is 0.632. The molecule has 1 saturated carbocycles. The fourth-order valence-corrected chi connectivity index (χ4v) is 3.89. The van der Waals surface area contributed by atoms with Crippen molar-refractivity contribution in [2.45, 2.75) is 43.5 Å². The van der Waals surface area contributed by atoms with Crippen LogP contribution in [0.2, 0.25) is 0 Å². The van der Waals surface area contributed by atoms with Gasteiger partial charge in [0.2, 0.25) is 0 Å². The number of aliphatic imine (C=N–C) groups is 2. The van der Waals surface area contributed by atoms with Crippen LogP contribution in [0.5, 0.6) is 0 Å². The number of halogens is 1. The van der Waals surface area contributed by atoms with Crippen molar-refractivity contribution < 1.29 is 0 Å². The van der Waals surface area contributed by atoms with Gasteiger partial charge in [0.05, 0.1) is 17.6 Å². The highest BCUT2D eigenvalue weighted by Gasteiger charge is 2.30. The zero-order valence-electron chi connectivity index (χ0n) is 15.5. The highest BCUT2D eigenvalue weighted by molar-refractivity contribution is 6.23. The number of hydrogen-bond acceptors (Lipinski definition) is 5. The van der Waals surface area contributed by atoms with E-state index in [1.165, 1.54) is 12.8 Å². The Hall–Kier alpha value is -2.60. The maximum atomic E-state index is 6.23. The molecule has 0 aromatic carbocycles. The molecule has 0 radical (unpaired) electrons. The van der Waals surface area contributed by atoms with Crippen molar-refractivity contribution in [1.29, 1.82) is 0 Å². The Morgan fingerprint density at radius 1 is 1.11 bits per heavy atom. The first-order chi connectivity index (χ1) is 13.8. The SMILES string of the molecule is ClC1C=C(C2=NC(CCc3nnc(-c4ccncc4)n3C3CC3)=NC2)C=CC1. The van der Waals surface area contributed by atoms with Crippen LogP contribution in [0.4, 0.5) is 0 Å². The molecule has 0 amide bonds. The molecular weight excluding hydrogens is 372 g/mol. The molecule has 2 aromatic heterocycles. The second kappa shape index (κ2) is 7.43. The quantitative estimate of drug-likeness (QED) is 0.699. The minimum absolute atomic E-state index is 0.0513. The van der Waals surface area contributed by atoms with Gasteiger partial charge < -0.3 is 4.57 Å². The first kappa shape index (κ1) is 17.5. The van der Waals surface area contributed by atoms with Gasteiger partial charge in [0.15, 0.2) is 5.82 Å². The van der Waals surface area contributed by atoms with E-state index in [9.17, 15) is 0 Å². The van der Waals surface area contributed by atoms with Crippen molar-refractivity contribution in [3.8, 4) is 11.4 Å². The molecule has 2 aromatic rings. The molecule has 3 aliphatic rings. The van der Waals surface area contributed by atoms with Gasteiger partial charge in [-0.25, -0.2) is 4.99 Å². The van der Waals surface area contributed by atoms with Crippen molar-refractivity contribution in [3.63, 3.8) is 0 Å². The lowest BCUT2D eigenvalue weighted by Gasteiger charge is -2.10. The molecule has 1 atom stereocenters. The Morgan fingerprint density at radius 2 is 1.96 bits per heavy atom. The van der Waals surface area contributed by atoms with E-state index < -0.39 is 0 Å². The van der Waals surface area contributed by atoms with Crippen molar-refractivity contribution in [2.75, 3.05) is 6.54 Å². The zero-order chi connectivity index (χ0) is 18.9. The van der Waals surface area contributed by atoms with Gasteiger partial charge in [0.1, 0.15) is 11.7 Å². The van der Waals surface area contributed by atoms with Gasteiger partial charge in [-0.3, -0.25) is 9.98 Å². The summed E-state index contributed by atoms with van der Waals surface area (Å²) < 4.78 is 2.29. The average Bonchev–Trinajstić information content (AvgIpc) is 3.29. The zero-order valence-corrected chi connectivity index (χ0v) is 16.3. The molecule has 3 heterocycles. The molecule has 142 valence electrons. The normalized spacial score (nSPS) is 21.5. The monoisotopic (exact) mass is 392 g/mol. The Balaban J connectivity index is 1.31. The van der Waals surface area contributed by atoms with E-state index in [-0.39, 0.29) is 5.38 Å². The molecule has 1 fully saturated rings. The van der Waals surface area contributed by atoms with Crippen LogP contribution < -0.4 is 0 Å². The Labute approximate surface area is 168 Å². The van der Waals surface area contributed by atoms with Gasteiger partial charge in [-0.1, -0.05) is 18.2 Å². The van der Waals surface area contributed by atoms with Crippen LogP contribution in [0.25, 0.3) is 11.4 Å². The average molecular weight is 393 g/mol. The second-order valence-corrected chi connectivity index (χ2v) is 7.90. The fourth-order valence-electron chi connectivity index (χ4n) is 3.65. The number of nitrogens with zero attached hydrogens (tertiary/aromatic N) is 6. The van der Waals surface area contributed by atoms with Gasteiger partial charge in [-0.05, 0) is 37.0 Å². The summed E-state index contributed by atoms with van der Waals surface area (Å²) in [5.74, 6) is 2.83. The van der Waals surface area contributed by atoms with Crippen LogP contribution in [0.15, 0.2) is 58.3 Å². The van der Waals surface area contributed by atoms with Crippen molar-refractivity contribution in [2.24, 2.45) is 9.98 Å². The third kappa shape index (κ3) is 3.56. The van der Waals surface area contributed by atoms with Gasteiger partial charge >= 0.3 is 0 Å². The maximum absolute atomic E-state index is 6.23. The molecule has 1 unspecified atom stereocenters. The molecule has 7 heteroatoms. The number of aromatic nitrogens is 4. The molecule has 28 heavy (non-hydrogen) atoms. The predicted molar refractivity (Wildman–Crippen MR) is 111 cm³/mol. The Bertz CT molecular complexity index is 997. The van der Waals surface area contributed by atoms with E-state index in [0.29, 0.717) is 12.6 Å². The van der Waals surface area contributed by atoms with E-state index in [4.69, 9.17) is 16.6 Å². The molecule has 5 rings (SSSR count). The van der Waals surface area contributed by atoms with Crippen LogP contribution >= 0.6 is 11.6 Å². The van der Waals surface area contributed by atoms with Crippen LogP contribution in [-0.2, 0) is 6.42 Å². The highest BCUT2D eigenvalue weighted by Crippen LogP contribution is 2.39. The lowest BCUT2D eigenvalue weighted by Crippen LogP contribution is -2.08. The molecule has 1 aliphatic heterocycles.